The fourth-order valence-electron chi connectivity index (χ4n) is 1.56. The van der Waals surface area contributed by atoms with Crippen molar-refractivity contribution >= 4 is 11.6 Å². The van der Waals surface area contributed by atoms with Crippen molar-refractivity contribution in [2.75, 3.05) is 4.90 Å². The predicted octanol–water partition coefficient (Wildman–Crippen LogP) is 1.68. The standard InChI is InChI=1S/C11H11NO2/c1-8-2-7-11(14)12(8)9-3-5-10(13)6-4-9/h2-8,13H,1H3. The summed E-state index contributed by atoms with van der Waals surface area (Å²) >= 11 is 0. The largest absolute Gasteiger partial charge is 0.508 e. The summed E-state index contributed by atoms with van der Waals surface area (Å²) < 4.78 is 0. The van der Waals surface area contributed by atoms with Crippen molar-refractivity contribution in [3.63, 3.8) is 0 Å². The summed E-state index contributed by atoms with van der Waals surface area (Å²) in [7, 11) is 0. The van der Waals surface area contributed by atoms with Gasteiger partial charge in [-0.1, -0.05) is 6.08 Å². The van der Waals surface area contributed by atoms with E-state index in [1.54, 1.807) is 35.2 Å². The van der Waals surface area contributed by atoms with E-state index in [2.05, 4.69) is 0 Å². The Hall–Kier alpha value is -1.77. The summed E-state index contributed by atoms with van der Waals surface area (Å²) in [5, 5.41) is 9.11. The fourth-order valence-corrected chi connectivity index (χ4v) is 1.56. The van der Waals surface area contributed by atoms with Crippen LogP contribution in [0.25, 0.3) is 0 Å². The molecular weight excluding hydrogens is 178 g/mol. The molecule has 1 unspecified atom stereocenters. The van der Waals surface area contributed by atoms with Gasteiger partial charge < -0.3 is 10.0 Å². The first kappa shape index (κ1) is 8.81. The van der Waals surface area contributed by atoms with E-state index >= 15 is 0 Å². The van der Waals surface area contributed by atoms with Crippen LogP contribution in [0.4, 0.5) is 5.69 Å². The minimum atomic E-state index is -0.0109. The molecule has 1 amide bonds. The summed E-state index contributed by atoms with van der Waals surface area (Å²) in [6.07, 6.45) is 3.42. The second kappa shape index (κ2) is 3.18. The molecule has 1 aliphatic heterocycles. The van der Waals surface area contributed by atoms with Crippen molar-refractivity contribution in [3.05, 3.63) is 36.4 Å². The molecule has 0 saturated heterocycles. The van der Waals surface area contributed by atoms with Gasteiger partial charge in [0.25, 0.3) is 5.91 Å². The van der Waals surface area contributed by atoms with Crippen molar-refractivity contribution in [1.29, 1.82) is 0 Å². The molecule has 2 rings (SSSR count). The first-order valence-corrected chi connectivity index (χ1v) is 4.49. The SMILES string of the molecule is CC1C=CC(=O)N1c1ccc(O)cc1. The van der Waals surface area contributed by atoms with Gasteiger partial charge in [0.15, 0.2) is 0 Å². The Morgan fingerprint density at radius 1 is 1.29 bits per heavy atom. The summed E-state index contributed by atoms with van der Waals surface area (Å²) in [6, 6.07) is 6.71. The molecule has 0 saturated carbocycles. The number of carbonyl (C=O) groups is 1. The van der Waals surface area contributed by atoms with Gasteiger partial charge in [0.05, 0.1) is 6.04 Å². The number of phenols is 1. The zero-order valence-corrected chi connectivity index (χ0v) is 7.84. The molecule has 3 nitrogen and oxygen atoms in total. The molecule has 0 radical (unpaired) electrons. The Morgan fingerprint density at radius 2 is 1.93 bits per heavy atom. The quantitative estimate of drug-likeness (QED) is 0.730. The van der Waals surface area contributed by atoms with E-state index in [0.29, 0.717) is 0 Å². The number of rotatable bonds is 1. The number of anilines is 1. The third-order valence-electron chi connectivity index (χ3n) is 2.29. The monoisotopic (exact) mass is 189 g/mol. The van der Waals surface area contributed by atoms with Crippen LogP contribution in [-0.4, -0.2) is 17.1 Å². The van der Waals surface area contributed by atoms with Crippen molar-refractivity contribution in [2.24, 2.45) is 0 Å². The molecule has 1 aromatic rings. The zero-order chi connectivity index (χ0) is 10.1. The van der Waals surface area contributed by atoms with Crippen LogP contribution in [0.15, 0.2) is 36.4 Å². The normalized spacial score (nSPS) is 20.5. The maximum atomic E-state index is 11.4. The highest BCUT2D eigenvalue weighted by atomic mass is 16.3. The molecule has 1 atom stereocenters. The molecule has 72 valence electrons. The minimum Gasteiger partial charge on any atom is -0.508 e. The van der Waals surface area contributed by atoms with Gasteiger partial charge in [-0.15, -0.1) is 0 Å². The summed E-state index contributed by atoms with van der Waals surface area (Å²) in [5.41, 5.74) is 0.810. The van der Waals surface area contributed by atoms with Gasteiger partial charge in [0.2, 0.25) is 0 Å². The highest BCUT2D eigenvalue weighted by molar-refractivity contribution is 6.04. The molecule has 0 bridgehead atoms. The molecule has 1 heterocycles. The smallest absolute Gasteiger partial charge is 0.251 e. The van der Waals surface area contributed by atoms with Crippen molar-refractivity contribution in [2.45, 2.75) is 13.0 Å². The highest BCUT2D eigenvalue weighted by Crippen LogP contribution is 2.23. The van der Waals surface area contributed by atoms with Crippen LogP contribution in [-0.2, 0) is 4.79 Å². The maximum Gasteiger partial charge on any atom is 0.251 e. The van der Waals surface area contributed by atoms with Crippen LogP contribution in [0.3, 0.4) is 0 Å². The number of nitrogens with zero attached hydrogens (tertiary/aromatic N) is 1. The number of carbonyl (C=O) groups excluding carboxylic acids is 1. The summed E-state index contributed by atoms with van der Waals surface area (Å²) in [5.74, 6) is 0.198. The summed E-state index contributed by atoms with van der Waals surface area (Å²) in [4.78, 5) is 13.1. The number of benzene rings is 1. The second-order valence-electron chi connectivity index (χ2n) is 3.32. The third kappa shape index (κ3) is 1.37. The molecule has 1 aromatic carbocycles. The lowest BCUT2D eigenvalue weighted by atomic mass is 10.2. The van der Waals surface area contributed by atoms with Gasteiger partial charge in [-0.05, 0) is 31.2 Å². The number of phenolic OH excluding ortho intramolecular Hbond substituents is 1. The Kier molecular flexibility index (Phi) is 2.00. The fraction of sp³-hybridized carbons (Fsp3) is 0.182. The van der Waals surface area contributed by atoms with E-state index in [9.17, 15) is 4.79 Å². The Bertz CT molecular complexity index is 381. The number of hydrogen-bond donors (Lipinski definition) is 1. The number of amides is 1. The van der Waals surface area contributed by atoms with Crippen LogP contribution in [0.5, 0.6) is 5.75 Å². The molecule has 0 aromatic heterocycles. The van der Waals surface area contributed by atoms with E-state index < -0.39 is 0 Å². The molecular formula is C11H11NO2. The van der Waals surface area contributed by atoms with Gasteiger partial charge in [-0.25, -0.2) is 0 Å². The van der Waals surface area contributed by atoms with E-state index in [0.717, 1.165) is 5.69 Å². The zero-order valence-electron chi connectivity index (χ0n) is 7.84. The molecule has 1 N–H and O–H groups in total. The van der Waals surface area contributed by atoms with Crippen LogP contribution in [0.2, 0.25) is 0 Å². The van der Waals surface area contributed by atoms with Gasteiger partial charge in [-0.2, -0.15) is 0 Å². The third-order valence-corrected chi connectivity index (χ3v) is 2.29. The predicted molar refractivity (Wildman–Crippen MR) is 54.2 cm³/mol. The van der Waals surface area contributed by atoms with Crippen LogP contribution >= 0.6 is 0 Å². The van der Waals surface area contributed by atoms with Gasteiger partial charge >= 0.3 is 0 Å². The molecule has 3 heteroatoms. The van der Waals surface area contributed by atoms with Crippen molar-refractivity contribution in [1.82, 2.24) is 0 Å². The maximum absolute atomic E-state index is 11.4. The molecule has 0 spiro atoms. The Labute approximate surface area is 82.3 Å². The average Bonchev–Trinajstić information content (AvgIpc) is 2.49. The lowest BCUT2D eigenvalue weighted by Crippen LogP contribution is -2.31. The topological polar surface area (TPSA) is 40.5 Å². The Morgan fingerprint density at radius 3 is 2.43 bits per heavy atom. The summed E-state index contributed by atoms with van der Waals surface area (Å²) in [6.45, 7) is 1.95. The number of hydrogen-bond acceptors (Lipinski definition) is 2. The molecule has 0 fully saturated rings. The van der Waals surface area contributed by atoms with Gasteiger partial charge in [-0.3, -0.25) is 4.79 Å². The highest BCUT2D eigenvalue weighted by Gasteiger charge is 2.23. The molecule has 0 aliphatic carbocycles. The van der Waals surface area contributed by atoms with Gasteiger partial charge in [0, 0.05) is 11.8 Å². The molecule has 1 aliphatic rings. The van der Waals surface area contributed by atoms with Crippen molar-refractivity contribution in [3.8, 4) is 5.75 Å². The van der Waals surface area contributed by atoms with Gasteiger partial charge in [0.1, 0.15) is 5.75 Å². The van der Waals surface area contributed by atoms with Crippen LogP contribution in [0.1, 0.15) is 6.92 Å². The van der Waals surface area contributed by atoms with E-state index in [1.165, 1.54) is 0 Å². The van der Waals surface area contributed by atoms with Crippen LogP contribution < -0.4 is 4.90 Å². The first-order valence-electron chi connectivity index (χ1n) is 4.49. The van der Waals surface area contributed by atoms with E-state index in [4.69, 9.17) is 5.11 Å². The molecule has 14 heavy (non-hydrogen) atoms. The van der Waals surface area contributed by atoms with Crippen molar-refractivity contribution < 1.29 is 9.90 Å². The minimum absolute atomic E-state index is 0.0109. The number of aromatic hydroxyl groups is 1. The van der Waals surface area contributed by atoms with Crippen LogP contribution in [0, 0.1) is 0 Å². The lowest BCUT2D eigenvalue weighted by Gasteiger charge is -2.21. The van der Waals surface area contributed by atoms with E-state index in [-0.39, 0.29) is 17.7 Å². The van der Waals surface area contributed by atoms with E-state index in [1.807, 2.05) is 13.0 Å². The average molecular weight is 189 g/mol. The Balaban J connectivity index is 2.31. The second-order valence-corrected chi connectivity index (χ2v) is 3.32. The first-order chi connectivity index (χ1) is 6.68. The lowest BCUT2D eigenvalue weighted by molar-refractivity contribution is -0.113.